The smallest absolute Gasteiger partial charge is 0.341 e. The van der Waals surface area contributed by atoms with Gasteiger partial charge in [-0.3, -0.25) is 0 Å². The lowest BCUT2D eigenvalue weighted by atomic mass is 10.0. The number of phenols is 1. The number of aliphatic hydroxyl groups is 1. The van der Waals surface area contributed by atoms with E-state index in [2.05, 4.69) is 9.47 Å². The number of halogens is 1. The van der Waals surface area contributed by atoms with Crippen molar-refractivity contribution in [1.29, 1.82) is 0 Å². The summed E-state index contributed by atoms with van der Waals surface area (Å²) in [5.74, 6) is -4.04. The lowest BCUT2D eigenvalue weighted by molar-refractivity contribution is -0.153. The third kappa shape index (κ3) is 3.19. The average molecular weight is 272 g/mol. The fourth-order valence-electron chi connectivity index (χ4n) is 1.40. The lowest BCUT2D eigenvalue weighted by Gasteiger charge is -2.12. The van der Waals surface area contributed by atoms with E-state index in [0.717, 1.165) is 19.2 Å². The van der Waals surface area contributed by atoms with E-state index in [1.54, 1.807) is 6.92 Å². The number of hydrogen-bond donors (Lipinski definition) is 2. The van der Waals surface area contributed by atoms with E-state index in [0.29, 0.717) is 0 Å². The Morgan fingerprint density at radius 2 is 2.05 bits per heavy atom. The molecule has 0 saturated heterocycles. The van der Waals surface area contributed by atoms with Crippen LogP contribution in [0.25, 0.3) is 0 Å². The van der Waals surface area contributed by atoms with Crippen molar-refractivity contribution >= 4 is 11.9 Å². The summed E-state index contributed by atoms with van der Waals surface area (Å²) in [6.45, 7) is 1.59. The summed E-state index contributed by atoms with van der Waals surface area (Å²) in [7, 11) is 1.05. The molecule has 0 aliphatic rings. The van der Waals surface area contributed by atoms with E-state index < -0.39 is 35.2 Å². The van der Waals surface area contributed by atoms with Gasteiger partial charge in [-0.2, -0.15) is 0 Å². The molecule has 19 heavy (non-hydrogen) atoms. The number of hydrogen-bond acceptors (Lipinski definition) is 6. The van der Waals surface area contributed by atoms with Crippen molar-refractivity contribution < 1.29 is 33.7 Å². The zero-order chi connectivity index (χ0) is 14.6. The lowest BCUT2D eigenvalue weighted by Crippen LogP contribution is -2.16. The van der Waals surface area contributed by atoms with Gasteiger partial charge < -0.3 is 19.7 Å². The summed E-state index contributed by atoms with van der Waals surface area (Å²) in [6.07, 6.45) is -1.75. The molecule has 0 fully saturated rings. The van der Waals surface area contributed by atoms with Crippen LogP contribution < -0.4 is 0 Å². The standard InChI is InChI=1S/C12H13FO6/c1-3-19-12(17)9(14)6-4-7(11(16)18-2)10(15)8(13)5-6/h4-5,9,14-15H,3H2,1-2H3. The molecule has 0 aliphatic heterocycles. The predicted molar refractivity (Wildman–Crippen MR) is 61.0 cm³/mol. The fourth-order valence-corrected chi connectivity index (χ4v) is 1.40. The number of ether oxygens (including phenoxy) is 2. The maximum absolute atomic E-state index is 13.4. The first-order valence-corrected chi connectivity index (χ1v) is 5.37. The SMILES string of the molecule is CCOC(=O)C(O)c1cc(F)c(O)c(C(=O)OC)c1. The summed E-state index contributed by atoms with van der Waals surface area (Å²) in [5, 5.41) is 19.0. The average Bonchev–Trinajstić information content (AvgIpc) is 2.40. The molecule has 1 aromatic rings. The van der Waals surface area contributed by atoms with Gasteiger partial charge in [0.05, 0.1) is 13.7 Å². The summed E-state index contributed by atoms with van der Waals surface area (Å²) in [4.78, 5) is 22.6. The fraction of sp³-hybridized carbons (Fsp3) is 0.333. The van der Waals surface area contributed by atoms with Gasteiger partial charge in [-0.15, -0.1) is 0 Å². The van der Waals surface area contributed by atoms with Crippen LogP contribution in [0.2, 0.25) is 0 Å². The number of esters is 2. The number of aromatic hydroxyl groups is 1. The monoisotopic (exact) mass is 272 g/mol. The van der Waals surface area contributed by atoms with Crippen LogP contribution >= 0.6 is 0 Å². The second-order valence-corrected chi connectivity index (χ2v) is 3.55. The maximum Gasteiger partial charge on any atom is 0.341 e. The molecule has 2 N–H and O–H groups in total. The molecule has 1 unspecified atom stereocenters. The van der Waals surface area contributed by atoms with E-state index in [4.69, 9.17) is 0 Å². The zero-order valence-corrected chi connectivity index (χ0v) is 10.3. The number of rotatable bonds is 4. The number of aliphatic hydroxyl groups excluding tert-OH is 1. The van der Waals surface area contributed by atoms with Gasteiger partial charge in [0.1, 0.15) is 5.56 Å². The highest BCUT2D eigenvalue weighted by Gasteiger charge is 2.24. The van der Waals surface area contributed by atoms with Crippen molar-refractivity contribution in [3.05, 3.63) is 29.1 Å². The molecule has 1 aromatic carbocycles. The first-order chi connectivity index (χ1) is 8.92. The zero-order valence-electron chi connectivity index (χ0n) is 10.3. The molecule has 0 radical (unpaired) electrons. The Bertz CT molecular complexity index is 499. The minimum absolute atomic E-state index is 0.0420. The van der Waals surface area contributed by atoms with Gasteiger partial charge in [0, 0.05) is 0 Å². The summed E-state index contributed by atoms with van der Waals surface area (Å²) < 4.78 is 22.3. The third-order valence-electron chi connectivity index (χ3n) is 2.32. The Morgan fingerprint density at radius 3 is 2.58 bits per heavy atom. The molecule has 104 valence electrons. The highest BCUT2D eigenvalue weighted by molar-refractivity contribution is 5.93. The third-order valence-corrected chi connectivity index (χ3v) is 2.32. The van der Waals surface area contributed by atoms with E-state index in [9.17, 15) is 24.2 Å². The summed E-state index contributed by atoms with van der Waals surface area (Å²) >= 11 is 0. The van der Waals surface area contributed by atoms with Crippen molar-refractivity contribution in [3.8, 4) is 5.75 Å². The molecule has 6 nitrogen and oxygen atoms in total. The highest BCUT2D eigenvalue weighted by Crippen LogP contribution is 2.27. The Kier molecular flexibility index (Phi) is 4.82. The molecular formula is C12H13FO6. The molecule has 1 rings (SSSR count). The molecule has 0 spiro atoms. The van der Waals surface area contributed by atoms with E-state index in [-0.39, 0.29) is 12.2 Å². The van der Waals surface area contributed by atoms with Gasteiger partial charge in [-0.1, -0.05) is 0 Å². The number of carbonyl (C=O) groups excluding carboxylic acids is 2. The van der Waals surface area contributed by atoms with Crippen molar-refractivity contribution in [2.24, 2.45) is 0 Å². The quantitative estimate of drug-likeness (QED) is 0.791. The van der Waals surface area contributed by atoms with Crippen LogP contribution in [0.15, 0.2) is 12.1 Å². The van der Waals surface area contributed by atoms with Crippen LogP contribution in [-0.2, 0) is 14.3 Å². The summed E-state index contributed by atoms with van der Waals surface area (Å²) in [5.41, 5.74) is -0.699. The number of phenolic OH excluding ortho intramolecular Hbond substituents is 1. The van der Waals surface area contributed by atoms with Crippen molar-refractivity contribution in [3.63, 3.8) is 0 Å². The molecule has 0 aromatic heterocycles. The molecule has 0 aliphatic carbocycles. The number of methoxy groups -OCH3 is 1. The van der Waals surface area contributed by atoms with Gasteiger partial charge in [0.15, 0.2) is 17.7 Å². The Morgan fingerprint density at radius 1 is 1.42 bits per heavy atom. The molecule has 0 bridgehead atoms. The topological polar surface area (TPSA) is 93.1 Å². The van der Waals surface area contributed by atoms with Crippen LogP contribution in [0.4, 0.5) is 4.39 Å². The van der Waals surface area contributed by atoms with E-state index in [1.165, 1.54) is 0 Å². The van der Waals surface area contributed by atoms with Crippen LogP contribution in [-0.4, -0.2) is 35.9 Å². The van der Waals surface area contributed by atoms with E-state index >= 15 is 0 Å². The Labute approximate surface area is 108 Å². The molecule has 7 heteroatoms. The largest absolute Gasteiger partial charge is 0.504 e. The van der Waals surface area contributed by atoms with Gasteiger partial charge in [-0.25, -0.2) is 14.0 Å². The molecule has 0 saturated carbocycles. The van der Waals surface area contributed by atoms with Crippen molar-refractivity contribution in [2.75, 3.05) is 13.7 Å². The molecule has 0 heterocycles. The van der Waals surface area contributed by atoms with Crippen LogP contribution in [0.1, 0.15) is 28.9 Å². The van der Waals surface area contributed by atoms with Crippen molar-refractivity contribution in [1.82, 2.24) is 0 Å². The minimum Gasteiger partial charge on any atom is -0.504 e. The van der Waals surface area contributed by atoms with Gasteiger partial charge in [0.25, 0.3) is 0 Å². The second kappa shape index (κ2) is 6.14. The van der Waals surface area contributed by atoms with Crippen LogP contribution in [0.3, 0.4) is 0 Å². The Hall–Kier alpha value is -2.15. The summed E-state index contributed by atoms with van der Waals surface area (Å²) in [6, 6.07) is 1.70. The van der Waals surface area contributed by atoms with Gasteiger partial charge >= 0.3 is 11.9 Å². The van der Waals surface area contributed by atoms with Gasteiger partial charge in [0.2, 0.25) is 0 Å². The molecule has 1 atom stereocenters. The highest BCUT2D eigenvalue weighted by atomic mass is 19.1. The first-order valence-electron chi connectivity index (χ1n) is 5.37. The number of carbonyl (C=O) groups is 2. The number of benzene rings is 1. The second-order valence-electron chi connectivity index (χ2n) is 3.55. The van der Waals surface area contributed by atoms with E-state index in [1.807, 2.05) is 0 Å². The van der Waals surface area contributed by atoms with Crippen LogP contribution in [0.5, 0.6) is 5.75 Å². The van der Waals surface area contributed by atoms with Crippen molar-refractivity contribution in [2.45, 2.75) is 13.0 Å². The first kappa shape index (κ1) is 14.9. The Balaban J connectivity index is 3.20. The molecule has 0 amide bonds. The van der Waals surface area contributed by atoms with Crippen LogP contribution in [0, 0.1) is 5.82 Å². The maximum atomic E-state index is 13.4. The normalized spacial score (nSPS) is 11.8. The minimum atomic E-state index is -1.75. The molecular weight excluding hydrogens is 259 g/mol. The predicted octanol–water partition coefficient (Wildman–Crippen LogP) is 0.914. The van der Waals surface area contributed by atoms with Gasteiger partial charge in [-0.05, 0) is 24.6 Å².